The molecule has 0 saturated carbocycles. The Morgan fingerprint density at radius 3 is 2.75 bits per heavy atom. The Morgan fingerprint density at radius 1 is 1.30 bits per heavy atom. The van der Waals surface area contributed by atoms with E-state index in [1.54, 1.807) is 31.3 Å². The molecule has 0 amide bonds. The van der Waals surface area contributed by atoms with Crippen LogP contribution in [0.15, 0.2) is 36.7 Å². The Hall–Kier alpha value is -2.15. The molecule has 7 heteroatoms. The second kappa shape index (κ2) is 5.87. The van der Waals surface area contributed by atoms with Gasteiger partial charge in [0.15, 0.2) is 0 Å². The van der Waals surface area contributed by atoms with Crippen LogP contribution in [-0.2, 0) is 16.4 Å². The number of nitrogens with two attached hydrogens (primary N) is 1. The maximum Gasteiger partial charge on any atom is 0.234 e. The van der Waals surface area contributed by atoms with Crippen molar-refractivity contribution in [2.45, 2.75) is 13.3 Å². The fourth-order valence-electron chi connectivity index (χ4n) is 1.69. The molecule has 106 valence electrons. The van der Waals surface area contributed by atoms with Crippen molar-refractivity contribution in [1.82, 2.24) is 9.97 Å². The van der Waals surface area contributed by atoms with Gasteiger partial charge in [-0.05, 0) is 30.7 Å². The zero-order valence-electron chi connectivity index (χ0n) is 11.1. The summed E-state index contributed by atoms with van der Waals surface area (Å²) in [5.74, 6) is 0.260. The zero-order chi connectivity index (χ0) is 14.6. The largest absolute Gasteiger partial charge is 0.397 e. The van der Waals surface area contributed by atoms with Gasteiger partial charge in [-0.3, -0.25) is 9.71 Å². The summed E-state index contributed by atoms with van der Waals surface area (Å²) in [7, 11) is -3.46. The van der Waals surface area contributed by atoms with Gasteiger partial charge >= 0.3 is 0 Å². The Labute approximate surface area is 118 Å². The number of nitrogens with one attached hydrogen (secondary N) is 1. The third kappa shape index (κ3) is 3.92. The maximum absolute atomic E-state index is 12.0. The number of aromatic nitrogens is 2. The van der Waals surface area contributed by atoms with Gasteiger partial charge in [0.2, 0.25) is 10.0 Å². The predicted molar refractivity (Wildman–Crippen MR) is 78.7 cm³/mol. The van der Waals surface area contributed by atoms with Gasteiger partial charge in [0.05, 0.1) is 17.6 Å². The van der Waals surface area contributed by atoms with E-state index in [0.717, 1.165) is 5.69 Å². The molecule has 0 unspecified atom stereocenters. The van der Waals surface area contributed by atoms with Crippen molar-refractivity contribution in [3.8, 4) is 0 Å². The molecule has 6 nitrogen and oxygen atoms in total. The van der Waals surface area contributed by atoms with Crippen molar-refractivity contribution in [2.75, 3.05) is 16.2 Å². The van der Waals surface area contributed by atoms with Crippen LogP contribution in [0.1, 0.15) is 11.3 Å². The molecule has 0 saturated heterocycles. The van der Waals surface area contributed by atoms with Crippen LogP contribution in [0.5, 0.6) is 0 Å². The standard InChI is InChI=1S/C13H16N4O2S/c1-10-8-11(14)9-16-13(10)17-20(18,19)7-5-12-4-2-3-6-15-12/h2-4,6,8-9H,5,7,14H2,1H3,(H,16,17). The SMILES string of the molecule is Cc1cc(N)cnc1NS(=O)(=O)CCc1ccccn1. The molecule has 2 heterocycles. The number of rotatable bonds is 5. The molecular weight excluding hydrogens is 276 g/mol. The molecular formula is C13H16N4O2S. The summed E-state index contributed by atoms with van der Waals surface area (Å²) in [6.07, 6.45) is 3.41. The average molecular weight is 292 g/mol. The summed E-state index contributed by atoms with van der Waals surface area (Å²) in [6, 6.07) is 7.08. The van der Waals surface area contributed by atoms with Gasteiger partial charge < -0.3 is 5.73 Å². The van der Waals surface area contributed by atoms with Crippen LogP contribution in [-0.4, -0.2) is 24.1 Å². The van der Waals surface area contributed by atoms with Crippen LogP contribution in [0.25, 0.3) is 0 Å². The summed E-state index contributed by atoms with van der Waals surface area (Å²) >= 11 is 0. The first kappa shape index (κ1) is 14.3. The Morgan fingerprint density at radius 2 is 2.10 bits per heavy atom. The normalized spacial score (nSPS) is 11.2. The highest BCUT2D eigenvalue weighted by molar-refractivity contribution is 7.92. The summed E-state index contributed by atoms with van der Waals surface area (Å²) < 4.78 is 26.5. The van der Waals surface area contributed by atoms with E-state index in [1.807, 2.05) is 6.07 Å². The van der Waals surface area contributed by atoms with Gasteiger partial charge in [-0.25, -0.2) is 13.4 Å². The second-order valence-electron chi connectivity index (χ2n) is 4.43. The predicted octanol–water partition coefficient (Wildman–Crippen LogP) is 1.35. The maximum atomic E-state index is 12.0. The van der Waals surface area contributed by atoms with Gasteiger partial charge in [0.25, 0.3) is 0 Å². The van der Waals surface area contributed by atoms with E-state index in [-0.39, 0.29) is 5.75 Å². The van der Waals surface area contributed by atoms with Gasteiger partial charge in [-0.2, -0.15) is 0 Å². The number of pyridine rings is 2. The lowest BCUT2D eigenvalue weighted by atomic mass is 10.3. The zero-order valence-corrected chi connectivity index (χ0v) is 11.9. The van der Waals surface area contributed by atoms with Crippen LogP contribution >= 0.6 is 0 Å². The lowest BCUT2D eigenvalue weighted by Crippen LogP contribution is -2.20. The van der Waals surface area contributed by atoms with Crippen molar-refractivity contribution in [3.63, 3.8) is 0 Å². The molecule has 20 heavy (non-hydrogen) atoms. The van der Waals surface area contributed by atoms with E-state index in [9.17, 15) is 8.42 Å². The number of hydrogen-bond donors (Lipinski definition) is 2. The van der Waals surface area contributed by atoms with E-state index in [2.05, 4.69) is 14.7 Å². The molecule has 0 radical (unpaired) electrons. The molecule has 0 spiro atoms. The lowest BCUT2D eigenvalue weighted by Gasteiger charge is -2.09. The molecule has 2 aromatic heterocycles. The molecule has 0 aliphatic heterocycles. The number of sulfonamides is 1. The highest BCUT2D eigenvalue weighted by atomic mass is 32.2. The molecule has 3 N–H and O–H groups in total. The number of anilines is 2. The number of nitrogen functional groups attached to an aromatic ring is 1. The number of nitrogens with zero attached hydrogens (tertiary/aromatic N) is 2. The Bertz CT molecular complexity index is 687. The molecule has 2 aromatic rings. The molecule has 0 aliphatic carbocycles. The van der Waals surface area contributed by atoms with Gasteiger partial charge in [-0.15, -0.1) is 0 Å². The van der Waals surface area contributed by atoms with E-state index in [4.69, 9.17) is 5.73 Å². The molecule has 0 fully saturated rings. The fraction of sp³-hybridized carbons (Fsp3) is 0.231. The van der Waals surface area contributed by atoms with Crippen molar-refractivity contribution < 1.29 is 8.42 Å². The van der Waals surface area contributed by atoms with Crippen molar-refractivity contribution in [1.29, 1.82) is 0 Å². The topological polar surface area (TPSA) is 98.0 Å². The summed E-state index contributed by atoms with van der Waals surface area (Å²) in [5, 5.41) is 0. The van der Waals surface area contributed by atoms with Crippen LogP contribution in [0.3, 0.4) is 0 Å². The average Bonchev–Trinajstić information content (AvgIpc) is 2.41. The summed E-state index contributed by atoms with van der Waals surface area (Å²) in [6.45, 7) is 1.75. The summed E-state index contributed by atoms with van der Waals surface area (Å²) in [4.78, 5) is 8.08. The number of aryl methyl sites for hydroxylation is 2. The Kier molecular flexibility index (Phi) is 4.19. The van der Waals surface area contributed by atoms with E-state index in [1.165, 1.54) is 6.20 Å². The van der Waals surface area contributed by atoms with E-state index in [0.29, 0.717) is 23.5 Å². The highest BCUT2D eigenvalue weighted by Gasteiger charge is 2.13. The molecule has 2 rings (SSSR count). The third-order valence-corrected chi connectivity index (χ3v) is 3.95. The van der Waals surface area contributed by atoms with Gasteiger partial charge in [0, 0.05) is 18.3 Å². The highest BCUT2D eigenvalue weighted by Crippen LogP contribution is 2.15. The van der Waals surface area contributed by atoms with Crippen molar-refractivity contribution >= 4 is 21.5 Å². The Balaban J connectivity index is 2.04. The monoisotopic (exact) mass is 292 g/mol. The molecule has 0 atom stereocenters. The minimum atomic E-state index is -3.46. The van der Waals surface area contributed by atoms with Crippen molar-refractivity contribution in [3.05, 3.63) is 47.9 Å². The van der Waals surface area contributed by atoms with E-state index < -0.39 is 10.0 Å². The van der Waals surface area contributed by atoms with Crippen LogP contribution in [0.2, 0.25) is 0 Å². The van der Waals surface area contributed by atoms with Crippen LogP contribution < -0.4 is 10.5 Å². The first-order chi connectivity index (χ1) is 9.46. The van der Waals surface area contributed by atoms with Crippen molar-refractivity contribution in [2.24, 2.45) is 0 Å². The minimum absolute atomic E-state index is 0.0461. The minimum Gasteiger partial charge on any atom is -0.397 e. The van der Waals surface area contributed by atoms with E-state index >= 15 is 0 Å². The lowest BCUT2D eigenvalue weighted by molar-refractivity contribution is 0.600. The first-order valence-electron chi connectivity index (χ1n) is 6.09. The second-order valence-corrected chi connectivity index (χ2v) is 6.27. The molecule has 0 aliphatic rings. The number of hydrogen-bond acceptors (Lipinski definition) is 5. The molecule has 0 bridgehead atoms. The molecule has 0 aromatic carbocycles. The quantitative estimate of drug-likeness (QED) is 0.867. The van der Waals surface area contributed by atoms with Gasteiger partial charge in [-0.1, -0.05) is 6.07 Å². The summed E-state index contributed by atoms with van der Waals surface area (Å²) in [5.41, 5.74) is 7.50. The van der Waals surface area contributed by atoms with Gasteiger partial charge in [0.1, 0.15) is 5.82 Å². The third-order valence-electron chi connectivity index (χ3n) is 2.70. The van der Waals surface area contributed by atoms with Crippen LogP contribution in [0.4, 0.5) is 11.5 Å². The smallest absolute Gasteiger partial charge is 0.234 e. The van der Waals surface area contributed by atoms with Crippen LogP contribution in [0, 0.1) is 6.92 Å². The first-order valence-corrected chi connectivity index (χ1v) is 7.74. The fourth-order valence-corrected chi connectivity index (χ4v) is 2.77.